The minimum Gasteiger partial charge on any atom is -0.300 e. The zero-order valence-electron chi connectivity index (χ0n) is 14.6. The minimum atomic E-state index is 0. The second-order valence-corrected chi connectivity index (χ2v) is 7.45. The largest absolute Gasteiger partial charge is 0.300 e. The summed E-state index contributed by atoms with van der Waals surface area (Å²) in [4.78, 5) is 2.62. The molecule has 128 valence electrons. The van der Waals surface area contributed by atoms with Crippen molar-refractivity contribution in [3.63, 3.8) is 0 Å². The molecule has 1 aliphatic carbocycles. The van der Waals surface area contributed by atoms with E-state index in [-0.39, 0.29) is 12.4 Å². The van der Waals surface area contributed by atoms with Gasteiger partial charge in [-0.15, -0.1) is 12.4 Å². The number of halogens is 1. The van der Waals surface area contributed by atoms with Crippen LogP contribution in [0.25, 0.3) is 17.7 Å². The van der Waals surface area contributed by atoms with Crippen molar-refractivity contribution in [1.82, 2.24) is 4.90 Å². The van der Waals surface area contributed by atoms with Gasteiger partial charge in [-0.2, -0.15) is 0 Å². The standard InChI is InChI=1S/C23H23N.ClH/c1-24-19-12-13-20(24)15-18(14-19)23-21-8-4-2-6-16(21)10-11-17-7-3-5-9-22(17)23;/h2-11,19-20H,12-15H2,1H3;1H/t19-,20+;. The molecular weight excluding hydrogens is 326 g/mol. The van der Waals surface area contributed by atoms with Crippen molar-refractivity contribution < 1.29 is 0 Å². The lowest BCUT2D eigenvalue weighted by molar-refractivity contribution is 0.210. The maximum atomic E-state index is 2.62. The number of nitrogens with zero attached hydrogens (tertiary/aromatic N) is 1. The van der Waals surface area contributed by atoms with Crippen molar-refractivity contribution in [2.45, 2.75) is 37.8 Å². The van der Waals surface area contributed by atoms with Gasteiger partial charge >= 0.3 is 0 Å². The summed E-state index contributed by atoms with van der Waals surface area (Å²) < 4.78 is 0. The molecule has 2 heteroatoms. The van der Waals surface area contributed by atoms with Gasteiger partial charge in [-0.3, -0.25) is 4.90 Å². The number of hydrogen-bond acceptors (Lipinski definition) is 1. The van der Waals surface area contributed by atoms with Gasteiger partial charge in [0.1, 0.15) is 0 Å². The molecule has 3 aliphatic rings. The van der Waals surface area contributed by atoms with Crippen molar-refractivity contribution in [3.8, 4) is 0 Å². The molecule has 2 aliphatic heterocycles. The molecule has 0 N–H and O–H groups in total. The molecule has 2 bridgehead atoms. The van der Waals surface area contributed by atoms with Crippen LogP contribution in [0, 0.1) is 0 Å². The second-order valence-electron chi connectivity index (χ2n) is 7.45. The van der Waals surface area contributed by atoms with E-state index in [2.05, 4.69) is 72.6 Å². The summed E-state index contributed by atoms with van der Waals surface area (Å²) in [5.41, 5.74) is 8.71. The Kier molecular flexibility index (Phi) is 4.31. The van der Waals surface area contributed by atoms with E-state index in [0.717, 1.165) is 12.1 Å². The molecular formula is C23H24ClN. The first kappa shape index (κ1) is 16.6. The molecule has 0 spiro atoms. The zero-order valence-corrected chi connectivity index (χ0v) is 15.4. The number of piperidine rings is 1. The van der Waals surface area contributed by atoms with Crippen molar-refractivity contribution in [3.05, 3.63) is 76.4 Å². The van der Waals surface area contributed by atoms with Gasteiger partial charge in [0, 0.05) is 12.1 Å². The van der Waals surface area contributed by atoms with E-state index in [0.29, 0.717) is 0 Å². The van der Waals surface area contributed by atoms with Crippen molar-refractivity contribution in [2.24, 2.45) is 0 Å². The quantitative estimate of drug-likeness (QED) is 0.507. The van der Waals surface area contributed by atoms with Gasteiger partial charge in [0.05, 0.1) is 0 Å². The Balaban J connectivity index is 0.00000157. The van der Waals surface area contributed by atoms with Gasteiger partial charge < -0.3 is 0 Å². The molecule has 0 amide bonds. The Bertz CT molecular complexity index is 796. The highest BCUT2D eigenvalue weighted by molar-refractivity contribution is 5.95. The number of benzene rings is 2. The third-order valence-electron chi connectivity index (χ3n) is 6.21. The second kappa shape index (κ2) is 6.48. The van der Waals surface area contributed by atoms with E-state index in [1.165, 1.54) is 53.5 Å². The summed E-state index contributed by atoms with van der Waals surface area (Å²) >= 11 is 0. The third kappa shape index (κ3) is 2.67. The van der Waals surface area contributed by atoms with E-state index < -0.39 is 0 Å². The predicted molar refractivity (Wildman–Crippen MR) is 109 cm³/mol. The highest BCUT2D eigenvalue weighted by Gasteiger charge is 2.37. The average molecular weight is 350 g/mol. The van der Waals surface area contributed by atoms with Crippen LogP contribution in [0.1, 0.15) is 47.9 Å². The van der Waals surface area contributed by atoms with Crippen LogP contribution in [0.3, 0.4) is 0 Å². The van der Waals surface area contributed by atoms with Gasteiger partial charge in [0.15, 0.2) is 0 Å². The van der Waals surface area contributed by atoms with Crippen molar-refractivity contribution in [2.75, 3.05) is 7.05 Å². The summed E-state index contributed by atoms with van der Waals surface area (Å²) in [6.07, 6.45) is 9.74. The molecule has 0 aromatic heterocycles. The monoisotopic (exact) mass is 349 g/mol. The van der Waals surface area contributed by atoms with Crippen molar-refractivity contribution in [1.29, 1.82) is 0 Å². The lowest BCUT2D eigenvalue weighted by Gasteiger charge is -2.34. The Hall–Kier alpha value is -1.83. The Morgan fingerprint density at radius 2 is 1.24 bits per heavy atom. The average Bonchev–Trinajstić information content (AvgIpc) is 2.81. The third-order valence-corrected chi connectivity index (χ3v) is 6.21. The molecule has 2 aromatic rings. The number of hydrogen-bond donors (Lipinski definition) is 0. The van der Waals surface area contributed by atoms with Gasteiger partial charge in [0.2, 0.25) is 0 Å². The highest BCUT2D eigenvalue weighted by Crippen LogP contribution is 2.44. The molecule has 2 atom stereocenters. The maximum absolute atomic E-state index is 2.62. The molecule has 5 rings (SSSR count). The van der Waals surface area contributed by atoms with Crippen LogP contribution in [0.5, 0.6) is 0 Å². The van der Waals surface area contributed by atoms with Gasteiger partial charge in [-0.25, -0.2) is 0 Å². The van der Waals surface area contributed by atoms with Crippen LogP contribution < -0.4 is 0 Å². The van der Waals surface area contributed by atoms with Crippen molar-refractivity contribution >= 4 is 30.1 Å². The fourth-order valence-electron chi connectivity index (χ4n) is 4.88. The molecule has 0 radical (unpaired) electrons. The lowest BCUT2D eigenvalue weighted by Crippen LogP contribution is -2.37. The molecule has 0 unspecified atom stereocenters. The van der Waals surface area contributed by atoms with Crippen LogP contribution in [-0.4, -0.2) is 24.0 Å². The summed E-state index contributed by atoms with van der Waals surface area (Å²) in [7, 11) is 2.32. The van der Waals surface area contributed by atoms with E-state index in [1.807, 2.05) is 0 Å². The number of fused-ring (bicyclic) bond motifs is 4. The summed E-state index contributed by atoms with van der Waals surface area (Å²) in [5, 5.41) is 0. The van der Waals surface area contributed by atoms with Crippen LogP contribution in [-0.2, 0) is 0 Å². The molecule has 25 heavy (non-hydrogen) atoms. The molecule has 1 nitrogen and oxygen atoms in total. The number of rotatable bonds is 0. The van der Waals surface area contributed by atoms with E-state index in [4.69, 9.17) is 0 Å². The Morgan fingerprint density at radius 1 is 0.760 bits per heavy atom. The van der Waals surface area contributed by atoms with E-state index in [1.54, 1.807) is 5.57 Å². The highest BCUT2D eigenvalue weighted by atomic mass is 35.5. The lowest BCUT2D eigenvalue weighted by atomic mass is 9.84. The van der Waals surface area contributed by atoms with Crippen LogP contribution >= 0.6 is 12.4 Å². The fraction of sp³-hybridized carbons (Fsp3) is 0.304. The molecule has 2 saturated heterocycles. The van der Waals surface area contributed by atoms with E-state index in [9.17, 15) is 0 Å². The molecule has 2 fully saturated rings. The summed E-state index contributed by atoms with van der Waals surface area (Å²) in [5.74, 6) is 0. The van der Waals surface area contributed by atoms with E-state index >= 15 is 0 Å². The first-order valence-electron chi connectivity index (χ1n) is 9.12. The zero-order chi connectivity index (χ0) is 16.1. The van der Waals surface area contributed by atoms with Crippen LogP contribution in [0.2, 0.25) is 0 Å². The normalized spacial score (nSPS) is 24.4. The van der Waals surface area contributed by atoms with Crippen LogP contribution in [0.4, 0.5) is 0 Å². The fourth-order valence-corrected chi connectivity index (χ4v) is 4.88. The van der Waals surface area contributed by atoms with Crippen LogP contribution in [0.15, 0.2) is 54.1 Å². The SMILES string of the molecule is CN1[C@@H]2CC[C@H]1CC(=C1c3ccccc3C=Cc3ccccc31)C2.Cl. The smallest absolute Gasteiger partial charge is 0.0133 e. The topological polar surface area (TPSA) is 3.24 Å². The summed E-state index contributed by atoms with van der Waals surface area (Å²) in [6.45, 7) is 0. The summed E-state index contributed by atoms with van der Waals surface area (Å²) in [6, 6.07) is 19.3. The first-order valence-corrected chi connectivity index (χ1v) is 9.12. The molecule has 2 aromatic carbocycles. The molecule has 0 saturated carbocycles. The predicted octanol–water partition coefficient (Wildman–Crippen LogP) is 5.65. The minimum absolute atomic E-state index is 0. The Labute approximate surface area is 156 Å². The van der Waals surface area contributed by atoms with Gasteiger partial charge in [-0.05, 0) is 60.6 Å². The van der Waals surface area contributed by atoms with Gasteiger partial charge in [-0.1, -0.05) is 66.3 Å². The molecule has 2 heterocycles. The maximum Gasteiger partial charge on any atom is 0.0133 e. The van der Waals surface area contributed by atoms with Gasteiger partial charge in [0.25, 0.3) is 0 Å². The Morgan fingerprint density at radius 3 is 1.76 bits per heavy atom. The first-order chi connectivity index (χ1) is 11.8.